The Morgan fingerprint density at radius 1 is 1.26 bits per heavy atom. The van der Waals surface area contributed by atoms with Crippen LogP contribution in [0.15, 0.2) is 24.3 Å². The molecule has 142 valence electrons. The molecule has 2 amide bonds. The monoisotopic (exact) mass is 389 g/mol. The van der Waals surface area contributed by atoms with Crippen LogP contribution in [0, 0.1) is 0 Å². The molecule has 0 saturated carbocycles. The van der Waals surface area contributed by atoms with Crippen molar-refractivity contribution in [1.82, 2.24) is 9.88 Å². The second-order valence-corrected chi connectivity index (χ2v) is 6.83. The third-order valence-electron chi connectivity index (χ3n) is 4.05. The summed E-state index contributed by atoms with van der Waals surface area (Å²) in [6.07, 6.45) is 0.244. The van der Waals surface area contributed by atoms with Crippen LogP contribution in [0.1, 0.15) is 38.2 Å². The molecule has 1 aliphatic heterocycles. The molecule has 27 heavy (non-hydrogen) atoms. The summed E-state index contributed by atoms with van der Waals surface area (Å²) in [6, 6.07) is 6.42. The number of carbonyl (C=O) groups is 3. The summed E-state index contributed by atoms with van der Waals surface area (Å²) in [7, 11) is 1.27. The zero-order chi connectivity index (χ0) is 19.4. The second kappa shape index (κ2) is 8.17. The van der Waals surface area contributed by atoms with Crippen LogP contribution in [0.25, 0.3) is 0 Å². The average Bonchev–Trinajstić information content (AvgIpc) is 3.08. The van der Waals surface area contributed by atoms with Crippen LogP contribution in [0.3, 0.4) is 0 Å². The molecular weight excluding hydrogens is 370 g/mol. The molecule has 1 aromatic carbocycles. The number of amides is 2. The quantitative estimate of drug-likeness (QED) is 0.808. The van der Waals surface area contributed by atoms with E-state index in [9.17, 15) is 14.4 Å². The number of nitrogens with zero attached hydrogens (tertiary/aromatic N) is 2. The maximum Gasteiger partial charge on any atom is 0.410 e. The van der Waals surface area contributed by atoms with Gasteiger partial charge in [0.15, 0.2) is 5.13 Å². The topological polar surface area (TPSA) is 97.8 Å². The number of aromatic nitrogens is 1. The summed E-state index contributed by atoms with van der Waals surface area (Å²) in [6.45, 7) is 3.01. The van der Waals surface area contributed by atoms with Gasteiger partial charge in [-0.05, 0) is 19.1 Å². The molecule has 9 heteroatoms. The number of anilines is 1. The lowest BCUT2D eigenvalue weighted by atomic mass is 10.1. The van der Waals surface area contributed by atoms with Crippen LogP contribution in [-0.2, 0) is 22.4 Å². The molecule has 1 N–H and O–H groups in total. The van der Waals surface area contributed by atoms with Gasteiger partial charge in [0.2, 0.25) is 0 Å². The van der Waals surface area contributed by atoms with E-state index in [-0.39, 0.29) is 17.2 Å². The Bertz CT molecular complexity index is 880. The van der Waals surface area contributed by atoms with Crippen molar-refractivity contribution in [3.8, 4) is 0 Å². The van der Waals surface area contributed by atoms with Gasteiger partial charge in [-0.3, -0.25) is 10.1 Å². The zero-order valence-corrected chi connectivity index (χ0v) is 15.8. The fourth-order valence-electron chi connectivity index (χ4n) is 2.75. The summed E-state index contributed by atoms with van der Waals surface area (Å²) in [4.78, 5) is 43.3. The van der Waals surface area contributed by atoms with Crippen LogP contribution >= 0.6 is 11.3 Å². The van der Waals surface area contributed by atoms with Gasteiger partial charge in [-0.15, -0.1) is 0 Å². The molecule has 8 nitrogen and oxygen atoms in total. The number of hydrogen-bond donors (Lipinski definition) is 1. The Morgan fingerprint density at radius 2 is 2.00 bits per heavy atom. The van der Waals surface area contributed by atoms with Crippen LogP contribution in [0.2, 0.25) is 0 Å². The molecule has 3 rings (SSSR count). The Labute approximate surface area is 160 Å². The molecular formula is C18H19N3O5S. The smallest absolute Gasteiger partial charge is 0.410 e. The van der Waals surface area contributed by atoms with Gasteiger partial charge in [-0.25, -0.2) is 14.6 Å². The van der Waals surface area contributed by atoms with Crippen molar-refractivity contribution in [3.05, 3.63) is 46.0 Å². The Kier molecular flexibility index (Phi) is 5.70. The summed E-state index contributed by atoms with van der Waals surface area (Å²) in [5, 5.41) is 3.16. The lowest BCUT2D eigenvalue weighted by Crippen LogP contribution is -2.35. The van der Waals surface area contributed by atoms with Gasteiger partial charge in [0.25, 0.3) is 5.91 Å². The van der Waals surface area contributed by atoms with E-state index in [4.69, 9.17) is 9.47 Å². The number of hydrogen-bond acceptors (Lipinski definition) is 7. The van der Waals surface area contributed by atoms with Crippen molar-refractivity contribution in [2.45, 2.75) is 19.9 Å². The molecule has 0 unspecified atom stereocenters. The SMILES string of the molecule is CCOC(=O)N1CCc2nc(NC(=O)c3ccccc3C(=O)OC)sc2C1. The number of esters is 1. The van der Waals surface area contributed by atoms with E-state index in [1.165, 1.54) is 24.5 Å². The highest BCUT2D eigenvalue weighted by Gasteiger charge is 2.26. The fourth-order valence-corrected chi connectivity index (χ4v) is 3.77. The number of thiazole rings is 1. The van der Waals surface area contributed by atoms with E-state index in [1.807, 2.05) is 0 Å². The van der Waals surface area contributed by atoms with E-state index in [0.717, 1.165) is 10.6 Å². The van der Waals surface area contributed by atoms with Gasteiger partial charge in [0.05, 0.1) is 37.1 Å². The third-order valence-corrected chi connectivity index (χ3v) is 5.05. The van der Waals surface area contributed by atoms with Crippen molar-refractivity contribution < 1.29 is 23.9 Å². The maximum atomic E-state index is 12.6. The molecule has 0 fully saturated rings. The number of ether oxygens (including phenoxy) is 2. The standard InChI is InChI=1S/C18H19N3O5S/c1-3-26-18(24)21-9-8-13-14(10-21)27-17(19-13)20-15(22)11-6-4-5-7-12(11)16(23)25-2/h4-7H,3,8-10H2,1-2H3,(H,19,20,22). The second-order valence-electron chi connectivity index (χ2n) is 5.75. The first-order valence-corrected chi connectivity index (χ1v) is 9.24. The fraction of sp³-hybridized carbons (Fsp3) is 0.333. The number of nitrogens with one attached hydrogen (secondary N) is 1. The average molecular weight is 389 g/mol. The molecule has 0 bridgehead atoms. The number of methoxy groups -OCH3 is 1. The van der Waals surface area contributed by atoms with Gasteiger partial charge in [-0.2, -0.15) is 0 Å². The molecule has 2 heterocycles. The van der Waals surface area contributed by atoms with Gasteiger partial charge >= 0.3 is 12.1 Å². The summed E-state index contributed by atoms with van der Waals surface area (Å²) in [5.41, 5.74) is 1.26. The molecule has 0 aliphatic carbocycles. The summed E-state index contributed by atoms with van der Waals surface area (Å²) >= 11 is 1.31. The molecule has 1 aromatic heterocycles. The molecule has 0 spiro atoms. The summed E-state index contributed by atoms with van der Waals surface area (Å²) in [5.74, 6) is -1.02. The van der Waals surface area contributed by atoms with Crippen molar-refractivity contribution >= 4 is 34.4 Å². The third kappa shape index (κ3) is 4.08. The Morgan fingerprint density at radius 3 is 2.70 bits per heavy atom. The van der Waals surface area contributed by atoms with Gasteiger partial charge < -0.3 is 14.4 Å². The Hall–Kier alpha value is -2.94. The summed E-state index contributed by atoms with van der Waals surface area (Å²) < 4.78 is 9.75. The lowest BCUT2D eigenvalue weighted by molar-refractivity contribution is 0.0597. The highest BCUT2D eigenvalue weighted by Crippen LogP contribution is 2.29. The van der Waals surface area contributed by atoms with Crippen molar-refractivity contribution in [2.75, 3.05) is 25.6 Å². The minimum absolute atomic E-state index is 0.187. The van der Waals surface area contributed by atoms with E-state index in [1.54, 1.807) is 30.0 Å². The predicted molar refractivity (Wildman–Crippen MR) is 99.0 cm³/mol. The Balaban J connectivity index is 1.74. The first-order valence-electron chi connectivity index (χ1n) is 8.42. The van der Waals surface area contributed by atoms with Gasteiger partial charge in [0, 0.05) is 17.8 Å². The number of benzene rings is 1. The molecule has 0 radical (unpaired) electrons. The van der Waals surface area contributed by atoms with Crippen LogP contribution in [0.4, 0.5) is 9.93 Å². The van der Waals surface area contributed by atoms with Gasteiger partial charge in [0.1, 0.15) is 0 Å². The van der Waals surface area contributed by atoms with Crippen molar-refractivity contribution in [1.29, 1.82) is 0 Å². The van der Waals surface area contributed by atoms with E-state index >= 15 is 0 Å². The molecule has 1 aliphatic rings. The minimum atomic E-state index is -0.579. The molecule has 0 saturated heterocycles. The normalized spacial score (nSPS) is 12.9. The number of rotatable bonds is 4. The first kappa shape index (κ1) is 18.8. The van der Waals surface area contributed by atoms with Crippen LogP contribution in [0.5, 0.6) is 0 Å². The first-order chi connectivity index (χ1) is 13.0. The van der Waals surface area contributed by atoms with E-state index < -0.39 is 11.9 Å². The highest BCUT2D eigenvalue weighted by molar-refractivity contribution is 7.15. The van der Waals surface area contributed by atoms with Crippen LogP contribution < -0.4 is 5.32 Å². The van der Waals surface area contributed by atoms with Crippen molar-refractivity contribution in [3.63, 3.8) is 0 Å². The van der Waals surface area contributed by atoms with Gasteiger partial charge in [-0.1, -0.05) is 23.5 Å². The van der Waals surface area contributed by atoms with Crippen molar-refractivity contribution in [2.24, 2.45) is 0 Å². The number of carbonyl (C=O) groups excluding carboxylic acids is 3. The molecule has 2 aromatic rings. The largest absolute Gasteiger partial charge is 0.465 e. The highest BCUT2D eigenvalue weighted by atomic mass is 32.1. The van der Waals surface area contributed by atoms with Crippen LogP contribution in [-0.4, -0.2) is 48.1 Å². The predicted octanol–water partition coefficient (Wildman–Crippen LogP) is 2.70. The van der Waals surface area contributed by atoms with E-state index in [2.05, 4.69) is 10.3 Å². The minimum Gasteiger partial charge on any atom is -0.465 e. The zero-order valence-electron chi connectivity index (χ0n) is 15.0. The molecule has 0 atom stereocenters. The maximum absolute atomic E-state index is 12.6. The van der Waals surface area contributed by atoms with E-state index in [0.29, 0.717) is 31.2 Å². The lowest BCUT2D eigenvalue weighted by Gasteiger charge is -2.24. The number of fused-ring (bicyclic) bond motifs is 1.